The van der Waals surface area contributed by atoms with Gasteiger partial charge in [-0.1, -0.05) is 31.2 Å². The van der Waals surface area contributed by atoms with Crippen LogP contribution in [0.3, 0.4) is 0 Å². The summed E-state index contributed by atoms with van der Waals surface area (Å²) in [6.45, 7) is 5.21. The Hall–Kier alpha value is -1.87. The smallest absolute Gasteiger partial charge is 0.128 e. The number of fused-ring (bicyclic) bond motifs is 1. The molecule has 0 saturated heterocycles. The van der Waals surface area contributed by atoms with E-state index in [2.05, 4.69) is 54.5 Å². The molecular weight excluding hydrogens is 258 g/mol. The highest BCUT2D eigenvalue weighted by Gasteiger charge is 2.31. The minimum atomic E-state index is 0.274. The Morgan fingerprint density at radius 1 is 1.24 bits per heavy atom. The van der Waals surface area contributed by atoms with Gasteiger partial charge in [-0.15, -0.1) is 0 Å². The van der Waals surface area contributed by atoms with Crippen molar-refractivity contribution in [1.29, 1.82) is 0 Å². The fraction of sp³-hybridized carbons (Fsp3) is 0.389. The summed E-state index contributed by atoms with van der Waals surface area (Å²) in [5.74, 6) is 1.21. The van der Waals surface area contributed by atoms with Crippen LogP contribution in [-0.2, 0) is 12.8 Å². The topological polar surface area (TPSA) is 50.9 Å². The lowest BCUT2D eigenvalue weighted by molar-refractivity contribution is 0.379. The van der Waals surface area contributed by atoms with E-state index in [1.54, 1.807) is 6.20 Å². The SMILES string of the molecule is CCNC(c1c(C)ccnc1N)C1Cc2ccccc2C1. The van der Waals surface area contributed by atoms with E-state index in [1.807, 2.05) is 0 Å². The number of nitrogens with zero attached hydrogens (tertiary/aromatic N) is 1. The number of anilines is 1. The second-order valence-corrected chi connectivity index (χ2v) is 5.90. The Balaban J connectivity index is 1.94. The van der Waals surface area contributed by atoms with E-state index in [0.29, 0.717) is 11.7 Å². The van der Waals surface area contributed by atoms with E-state index < -0.39 is 0 Å². The normalized spacial score (nSPS) is 15.9. The van der Waals surface area contributed by atoms with Crippen molar-refractivity contribution < 1.29 is 0 Å². The van der Waals surface area contributed by atoms with Gasteiger partial charge in [0.15, 0.2) is 0 Å². The maximum absolute atomic E-state index is 6.17. The van der Waals surface area contributed by atoms with Crippen LogP contribution < -0.4 is 11.1 Å². The first-order chi connectivity index (χ1) is 10.2. The van der Waals surface area contributed by atoms with Gasteiger partial charge >= 0.3 is 0 Å². The average molecular weight is 281 g/mol. The highest BCUT2D eigenvalue weighted by atomic mass is 14.9. The molecule has 1 aliphatic carbocycles. The summed E-state index contributed by atoms with van der Waals surface area (Å²) in [6, 6.07) is 11.1. The Kier molecular flexibility index (Phi) is 3.93. The van der Waals surface area contributed by atoms with Gasteiger partial charge in [0, 0.05) is 17.8 Å². The molecule has 1 atom stereocenters. The van der Waals surface area contributed by atoms with E-state index >= 15 is 0 Å². The van der Waals surface area contributed by atoms with E-state index in [0.717, 1.165) is 19.4 Å². The summed E-state index contributed by atoms with van der Waals surface area (Å²) >= 11 is 0. The summed E-state index contributed by atoms with van der Waals surface area (Å²) in [6.07, 6.45) is 4.02. The molecule has 1 aromatic heterocycles. The monoisotopic (exact) mass is 281 g/mol. The van der Waals surface area contributed by atoms with Crippen LogP contribution in [0, 0.1) is 12.8 Å². The predicted molar refractivity (Wildman–Crippen MR) is 87.1 cm³/mol. The average Bonchev–Trinajstić information content (AvgIpc) is 2.89. The van der Waals surface area contributed by atoms with Gasteiger partial charge in [-0.25, -0.2) is 4.98 Å². The van der Waals surface area contributed by atoms with Gasteiger partial charge in [-0.05, 0) is 55.0 Å². The summed E-state index contributed by atoms with van der Waals surface area (Å²) in [4.78, 5) is 4.30. The number of hydrogen-bond acceptors (Lipinski definition) is 3. The standard InChI is InChI=1S/C18H23N3/c1-3-20-17(16-12(2)8-9-21-18(16)19)15-10-13-6-4-5-7-14(13)11-15/h4-9,15,17,20H,3,10-11H2,1-2H3,(H2,19,21). The van der Waals surface area contributed by atoms with Gasteiger partial charge in [-0.3, -0.25) is 0 Å². The van der Waals surface area contributed by atoms with Crippen LogP contribution in [-0.4, -0.2) is 11.5 Å². The van der Waals surface area contributed by atoms with Gasteiger partial charge in [0.05, 0.1) is 0 Å². The molecular formula is C18H23N3. The van der Waals surface area contributed by atoms with Crippen molar-refractivity contribution in [3.63, 3.8) is 0 Å². The van der Waals surface area contributed by atoms with Crippen LogP contribution in [0.15, 0.2) is 36.5 Å². The van der Waals surface area contributed by atoms with Crippen LogP contribution in [0.1, 0.15) is 35.2 Å². The van der Waals surface area contributed by atoms with Crippen molar-refractivity contribution in [3.05, 3.63) is 58.8 Å². The number of hydrogen-bond donors (Lipinski definition) is 2. The molecule has 0 amide bonds. The third kappa shape index (κ3) is 2.66. The number of nitrogens with two attached hydrogens (primary N) is 1. The largest absolute Gasteiger partial charge is 0.383 e. The quantitative estimate of drug-likeness (QED) is 0.905. The Labute approximate surface area is 126 Å². The zero-order valence-corrected chi connectivity index (χ0v) is 12.8. The maximum atomic E-state index is 6.17. The van der Waals surface area contributed by atoms with Crippen LogP contribution in [0.4, 0.5) is 5.82 Å². The minimum absolute atomic E-state index is 0.274. The van der Waals surface area contributed by atoms with E-state index in [1.165, 1.54) is 22.3 Å². The predicted octanol–water partition coefficient (Wildman–Crippen LogP) is 3.04. The van der Waals surface area contributed by atoms with Crippen molar-refractivity contribution in [2.75, 3.05) is 12.3 Å². The number of rotatable bonds is 4. The summed E-state index contributed by atoms with van der Waals surface area (Å²) in [7, 11) is 0. The highest BCUT2D eigenvalue weighted by molar-refractivity contribution is 5.47. The zero-order valence-electron chi connectivity index (χ0n) is 12.8. The van der Waals surface area contributed by atoms with Crippen LogP contribution >= 0.6 is 0 Å². The van der Waals surface area contributed by atoms with Gasteiger partial charge < -0.3 is 11.1 Å². The van der Waals surface area contributed by atoms with Crippen molar-refractivity contribution >= 4 is 5.82 Å². The summed E-state index contributed by atoms with van der Waals surface area (Å²) in [5.41, 5.74) is 11.5. The van der Waals surface area contributed by atoms with Gasteiger partial charge in [0.25, 0.3) is 0 Å². The van der Waals surface area contributed by atoms with Crippen molar-refractivity contribution in [1.82, 2.24) is 10.3 Å². The van der Waals surface area contributed by atoms with Crippen LogP contribution in [0.2, 0.25) is 0 Å². The first kappa shape index (κ1) is 14.1. The Bertz CT molecular complexity index is 591. The van der Waals surface area contributed by atoms with Crippen molar-refractivity contribution in [3.8, 4) is 0 Å². The molecule has 0 spiro atoms. The first-order valence-electron chi connectivity index (χ1n) is 7.71. The van der Waals surface area contributed by atoms with Crippen LogP contribution in [0.5, 0.6) is 0 Å². The fourth-order valence-electron chi connectivity index (χ4n) is 3.55. The number of aromatic nitrogens is 1. The molecule has 0 fully saturated rings. The zero-order chi connectivity index (χ0) is 14.8. The van der Waals surface area contributed by atoms with Crippen molar-refractivity contribution in [2.45, 2.75) is 32.7 Å². The molecule has 3 rings (SSSR count). The lowest BCUT2D eigenvalue weighted by atomic mass is 9.88. The van der Waals surface area contributed by atoms with E-state index in [4.69, 9.17) is 5.73 Å². The molecule has 0 saturated carbocycles. The molecule has 110 valence electrons. The van der Waals surface area contributed by atoms with E-state index in [9.17, 15) is 0 Å². The highest BCUT2D eigenvalue weighted by Crippen LogP contribution is 2.37. The van der Waals surface area contributed by atoms with Gasteiger partial charge in [0.2, 0.25) is 0 Å². The number of aryl methyl sites for hydroxylation is 1. The molecule has 1 unspecified atom stereocenters. The molecule has 0 bridgehead atoms. The molecule has 3 N–H and O–H groups in total. The lowest BCUT2D eigenvalue weighted by Crippen LogP contribution is -2.30. The Morgan fingerprint density at radius 2 is 1.90 bits per heavy atom. The maximum Gasteiger partial charge on any atom is 0.128 e. The molecule has 3 heteroatoms. The first-order valence-corrected chi connectivity index (χ1v) is 7.71. The fourth-order valence-corrected chi connectivity index (χ4v) is 3.55. The molecule has 1 aliphatic rings. The molecule has 21 heavy (non-hydrogen) atoms. The molecule has 3 nitrogen and oxygen atoms in total. The third-order valence-corrected chi connectivity index (χ3v) is 4.53. The number of nitrogen functional groups attached to an aromatic ring is 1. The second-order valence-electron chi connectivity index (χ2n) is 5.90. The number of nitrogens with one attached hydrogen (secondary N) is 1. The van der Waals surface area contributed by atoms with Gasteiger partial charge in [-0.2, -0.15) is 0 Å². The lowest BCUT2D eigenvalue weighted by Gasteiger charge is -2.27. The molecule has 1 heterocycles. The van der Waals surface area contributed by atoms with E-state index in [-0.39, 0.29) is 6.04 Å². The number of benzene rings is 1. The Morgan fingerprint density at radius 3 is 2.48 bits per heavy atom. The minimum Gasteiger partial charge on any atom is -0.383 e. The number of pyridine rings is 1. The summed E-state index contributed by atoms with van der Waals surface area (Å²) < 4.78 is 0. The van der Waals surface area contributed by atoms with Gasteiger partial charge in [0.1, 0.15) is 5.82 Å². The second kappa shape index (κ2) is 5.86. The summed E-state index contributed by atoms with van der Waals surface area (Å²) in [5, 5.41) is 3.64. The van der Waals surface area contributed by atoms with Crippen LogP contribution in [0.25, 0.3) is 0 Å². The third-order valence-electron chi connectivity index (χ3n) is 4.53. The molecule has 2 aromatic rings. The molecule has 0 radical (unpaired) electrons. The molecule has 0 aliphatic heterocycles. The van der Waals surface area contributed by atoms with Crippen molar-refractivity contribution in [2.24, 2.45) is 5.92 Å². The molecule has 1 aromatic carbocycles.